The lowest BCUT2D eigenvalue weighted by Crippen LogP contribution is -2.19. The zero-order chi connectivity index (χ0) is 10.4. The summed E-state index contributed by atoms with van der Waals surface area (Å²) >= 11 is 0. The number of phenols is 1. The van der Waals surface area contributed by atoms with Gasteiger partial charge in [0.2, 0.25) is 5.91 Å². The fourth-order valence-corrected chi connectivity index (χ4v) is 1.01. The minimum absolute atomic E-state index is 0.111. The van der Waals surface area contributed by atoms with Crippen molar-refractivity contribution >= 4 is 5.91 Å². The molecule has 0 heterocycles. The van der Waals surface area contributed by atoms with E-state index < -0.39 is 0 Å². The summed E-state index contributed by atoms with van der Waals surface area (Å²) in [6.45, 7) is 2.27. The van der Waals surface area contributed by atoms with Crippen LogP contribution >= 0.6 is 0 Å². The smallest absolute Gasteiger partial charge is 0.243 e. The number of allylic oxidation sites excluding steroid dienone is 1. The maximum Gasteiger partial charge on any atom is 0.243 e. The Labute approximate surface area is 83.1 Å². The normalized spacial score (nSPS) is 10.4. The van der Waals surface area contributed by atoms with Crippen molar-refractivity contribution in [3.63, 3.8) is 0 Å². The van der Waals surface area contributed by atoms with E-state index in [0.29, 0.717) is 6.54 Å². The summed E-state index contributed by atoms with van der Waals surface area (Å²) < 4.78 is 0. The largest absolute Gasteiger partial charge is 0.508 e. The van der Waals surface area contributed by atoms with Crippen molar-refractivity contribution in [3.05, 3.63) is 42.0 Å². The highest BCUT2D eigenvalue weighted by Gasteiger charge is 1.95. The molecule has 3 heteroatoms. The van der Waals surface area contributed by atoms with Crippen LogP contribution in [0.5, 0.6) is 5.75 Å². The van der Waals surface area contributed by atoms with Gasteiger partial charge < -0.3 is 10.4 Å². The van der Waals surface area contributed by atoms with Gasteiger partial charge >= 0.3 is 0 Å². The second-order valence-electron chi connectivity index (χ2n) is 2.88. The van der Waals surface area contributed by atoms with E-state index in [0.717, 1.165) is 5.56 Å². The predicted molar refractivity (Wildman–Crippen MR) is 54.8 cm³/mol. The number of hydrogen-bond donors (Lipinski definition) is 2. The third kappa shape index (κ3) is 3.31. The molecule has 0 unspecified atom stereocenters. The molecule has 1 aromatic carbocycles. The molecule has 14 heavy (non-hydrogen) atoms. The Morgan fingerprint density at radius 3 is 2.64 bits per heavy atom. The van der Waals surface area contributed by atoms with E-state index >= 15 is 0 Å². The van der Waals surface area contributed by atoms with Gasteiger partial charge in [0.05, 0.1) is 0 Å². The molecule has 3 nitrogen and oxygen atoms in total. The Bertz CT molecular complexity index is 328. The monoisotopic (exact) mass is 191 g/mol. The van der Waals surface area contributed by atoms with Crippen LogP contribution in [-0.2, 0) is 11.3 Å². The van der Waals surface area contributed by atoms with Gasteiger partial charge in [-0.3, -0.25) is 4.79 Å². The van der Waals surface area contributed by atoms with Crippen LogP contribution < -0.4 is 5.32 Å². The molecule has 0 saturated heterocycles. The Hall–Kier alpha value is -1.77. The van der Waals surface area contributed by atoms with Crippen molar-refractivity contribution in [1.29, 1.82) is 0 Å². The lowest BCUT2D eigenvalue weighted by Gasteiger charge is -2.02. The number of phenolic OH excluding ortho intramolecular Hbond substituents is 1. The first kappa shape index (κ1) is 10.3. The first-order valence-corrected chi connectivity index (χ1v) is 4.41. The van der Waals surface area contributed by atoms with E-state index in [2.05, 4.69) is 5.32 Å². The maximum absolute atomic E-state index is 11.0. The van der Waals surface area contributed by atoms with Gasteiger partial charge in [0.1, 0.15) is 5.75 Å². The zero-order valence-corrected chi connectivity index (χ0v) is 8.03. The molecule has 0 atom stereocenters. The molecule has 0 radical (unpaired) electrons. The van der Waals surface area contributed by atoms with Crippen molar-refractivity contribution in [2.75, 3.05) is 0 Å². The number of carbonyl (C=O) groups excluding carboxylic acids is 1. The molecule has 0 aromatic heterocycles. The molecule has 0 aliphatic heterocycles. The van der Waals surface area contributed by atoms with Crippen LogP contribution in [0, 0.1) is 0 Å². The number of rotatable bonds is 3. The van der Waals surface area contributed by atoms with Crippen LogP contribution in [0.25, 0.3) is 0 Å². The van der Waals surface area contributed by atoms with Gasteiger partial charge in [0, 0.05) is 6.54 Å². The van der Waals surface area contributed by atoms with Gasteiger partial charge in [0.25, 0.3) is 0 Å². The summed E-state index contributed by atoms with van der Waals surface area (Å²) in [5.41, 5.74) is 0.959. The van der Waals surface area contributed by atoms with Crippen LogP contribution in [0.1, 0.15) is 12.5 Å². The molecule has 2 N–H and O–H groups in total. The highest BCUT2D eigenvalue weighted by atomic mass is 16.3. The standard InChI is InChI=1S/C11H13NO2/c1-2-3-11(14)12-8-9-4-6-10(13)7-5-9/h2-7,13H,8H2,1H3,(H,12,14)/b3-2+. The Morgan fingerprint density at radius 2 is 2.07 bits per heavy atom. The van der Waals surface area contributed by atoms with E-state index in [1.54, 1.807) is 37.3 Å². The van der Waals surface area contributed by atoms with Gasteiger partial charge in [-0.2, -0.15) is 0 Å². The molecule has 0 saturated carbocycles. The zero-order valence-electron chi connectivity index (χ0n) is 8.03. The summed E-state index contributed by atoms with van der Waals surface area (Å²) in [7, 11) is 0. The van der Waals surface area contributed by atoms with E-state index in [4.69, 9.17) is 5.11 Å². The number of carbonyl (C=O) groups is 1. The predicted octanol–water partition coefficient (Wildman–Crippen LogP) is 1.58. The first-order valence-electron chi connectivity index (χ1n) is 4.41. The fourth-order valence-electron chi connectivity index (χ4n) is 1.01. The molecule has 1 aromatic rings. The summed E-state index contributed by atoms with van der Waals surface area (Å²) in [5, 5.41) is 11.7. The topological polar surface area (TPSA) is 49.3 Å². The molecule has 74 valence electrons. The second kappa shape index (κ2) is 5.07. The van der Waals surface area contributed by atoms with Gasteiger partial charge in [-0.25, -0.2) is 0 Å². The Kier molecular flexibility index (Phi) is 3.73. The second-order valence-corrected chi connectivity index (χ2v) is 2.88. The molecule has 0 bridgehead atoms. The molecule has 1 amide bonds. The van der Waals surface area contributed by atoms with E-state index in [1.165, 1.54) is 6.08 Å². The van der Waals surface area contributed by atoms with Crippen molar-refractivity contribution in [1.82, 2.24) is 5.32 Å². The number of aromatic hydroxyl groups is 1. The van der Waals surface area contributed by atoms with E-state index in [9.17, 15) is 4.79 Å². The van der Waals surface area contributed by atoms with Crippen LogP contribution in [0.3, 0.4) is 0 Å². The minimum atomic E-state index is -0.111. The molecule has 0 aliphatic carbocycles. The Morgan fingerprint density at radius 1 is 1.43 bits per heavy atom. The molecule has 0 aliphatic rings. The number of benzene rings is 1. The van der Waals surface area contributed by atoms with Gasteiger partial charge in [-0.1, -0.05) is 18.2 Å². The summed E-state index contributed by atoms with van der Waals surface area (Å²) in [5.74, 6) is 0.120. The highest BCUT2D eigenvalue weighted by molar-refractivity contribution is 5.87. The van der Waals surface area contributed by atoms with Crippen molar-refractivity contribution < 1.29 is 9.90 Å². The molecule has 0 spiro atoms. The van der Waals surface area contributed by atoms with Crippen molar-refractivity contribution in [2.45, 2.75) is 13.5 Å². The van der Waals surface area contributed by atoms with Crippen LogP contribution in [0.15, 0.2) is 36.4 Å². The van der Waals surface area contributed by atoms with Crippen LogP contribution in [0.2, 0.25) is 0 Å². The molecular weight excluding hydrogens is 178 g/mol. The number of amides is 1. The fraction of sp³-hybridized carbons (Fsp3) is 0.182. The third-order valence-corrected chi connectivity index (χ3v) is 1.72. The van der Waals surface area contributed by atoms with Gasteiger partial charge in [0.15, 0.2) is 0 Å². The third-order valence-electron chi connectivity index (χ3n) is 1.72. The van der Waals surface area contributed by atoms with Gasteiger partial charge in [-0.15, -0.1) is 0 Å². The SMILES string of the molecule is C/C=C/C(=O)NCc1ccc(O)cc1. The average Bonchev–Trinajstić information content (AvgIpc) is 2.17. The molecule has 1 rings (SSSR count). The van der Waals surface area contributed by atoms with E-state index in [-0.39, 0.29) is 11.7 Å². The molecule has 0 fully saturated rings. The quantitative estimate of drug-likeness (QED) is 0.713. The van der Waals surface area contributed by atoms with Gasteiger partial charge in [-0.05, 0) is 30.7 Å². The lowest BCUT2D eigenvalue weighted by molar-refractivity contribution is -0.116. The van der Waals surface area contributed by atoms with E-state index in [1.807, 2.05) is 0 Å². The Balaban J connectivity index is 2.46. The van der Waals surface area contributed by atoms with Crippen molar-refractivity contribution in [2.24, 2.45) is 0 Å². The molecular formula is C11H13NO2. The minimum Gasteiger partial charge on any atom is -0.508 e. The summed E-state index contributed by atoms with van der Waals surface area (Å²) in [4.78, 5) is 11.0. The average molecular weight is 191 g/mol. The lowest BCUT2D eigenvalue weighted by atomic mass is 10.2. The number of nitrogens with one attached hydrogen (secondary N) is 1. The van der Waals surface area contributed by atoms with Crippen molar-refractivity contribution in [3.8, 4) is 5.75 Å². The first-order chi connectivity index (χ1) is 6.72. The highest BCUT2D eigenvalue weighted by Crippen LogP contribution is 2.08. The number of hydrogen-bond acceptors (Lipinski definition) is 2. The summed E-state index contributed by atoms with van der Waals surface area (Å²) in [6, 6.07) is 6.73. The van der Waals surface area contributed by atoms with Crippen LogP contribution in [-0.4, -0.2) is 11.0 Å². The van der Waals surface area contributed by atoms with Crippen LogP contribution in [0.4, 0.5) is 0 Å². The maximum atomic E-state index is 11.0. The summed E-state index contributed by atoms with van der Waals surface area (Å²) in [6.07, 6.45) is 3.16.